The second-order valence-corrected chi connectivity index (χ2v) is 7.35. The molecule has 1 heterocycles. The number of rotatable bonds is 6. The Morgan fingerprint density at radius 1 is 1.11 bits per heavy atom. The van der Waals surface area contributed by atoms with Crippen LogP contribution in [0.4, 0.5) is 5.69 Å². The van der Waals surface area contributed by atoms with E-state index >= 15 is 0 Å². The Morgan fingerprint density at radius 2 is 1.89 bits per heavy atom. The third-order valence-corrected chi connectivity index (χ3v) is 5.08. The van der Waals surface area contributed by atoms with E-state index in [1.165, 1.54) is 0 Å². The molecular weight excluding hydrogens is 385 g/mol. The van der Waals surface area contributed by atoms with E-state index in [0.717, 1.165) is 12.0 Å². The topological polar surface area (TPSA) is 61.4 Å². The fourth-order valence-electron chi connectivity index (χ4n) is 3.16. The van der Waals surface area contributed by atoms with Gasteiger partial charge in [0.2, 0.25) is 11.8 Å². The molecule has 1 fully saturated rings. The quantitative estimate of drug-likeness (QED) is 0.769. The van der Waals surface area contributed by atoms with Crippen LogP contribution >= 0.6 is 23.2 Å². The van der Waals surface area contributed by atoms with Gasteiger partial charge in [0.15, 0.2) is 0 Å². The van der Waals surface area contributed by atoms with Gasteiger partial charge in [-0.1, -0.05) is 53.5 Å². The van der Waals surface area contributed by atoms with E-state index in [1.54, 1.807) is 18.2 Å². The minimum Gasteiger partial charge on any atom is -0.351 e. The highest BCUT2D eigenvalue weighted by Crippen LogP contribution is 2.26. The number of hydrogen-bond acceptors (Lipinski definition) is 3. The summed E-state index contributed by atoms with van der Waals surface area (Å²) in [5.74, 6) is -0.254. The van der Waals surface area contributed by atoms with E-state index in [9.17, 15) is 9.59 Å². The fourth-order valence-corrected chi connectivity index (χ4v) is 3.61. The lowest BCUT2D eigenvalue weighted by Gasteiger charge is -2.23. The van der Waals surface area contributed by atoms with E-state index in [0.29, 0.717) is 35.2 Å². The van der Waals surface area contributed by atoms with E-state index in [1.807, 2.05) is 35.2 Å². The number of anilines is 1. The normalized spacial score (nSPS) is 16.9. The van der Waals surface area contributed by atoms with Crippen molar-refractivity contribution in [1.29, 1.82) is 0 Å². The Labute approximate surface area is 168 Å². The van der Waals surface area contributed by atoms with E-state index in [-0.39, 0.29) is 24.4 Å². The van der Waals surface area contributed by atoms with Crippen molar-refractivity contribution in [2.75, 3.05) is 18.4 Å². The summed E-state index contributed by atoms with van der Waals surface area (Å²) in [7, 11) is 0. The van der Waals surface area contributed by atoms with Crippen molar-refractivity contribution in [2.45, 2.75) is 25.4 Å². The van der Waals surface area contributed by atoms with Gasteiger partial charge in [0.05, 0.1) is 23.3 Å². The lowest BCUT2D eigenvalue weighted by molar-refractivity contribution is -0.125. The van der Waals surface area contributed by atoms with Gasteiger partial charge in [-0.2, -0.15) is 0 Å². The molecule has 1 aliphatic heterocycles. The number of hydrogen-bond donors (Lipinski definition) is 2. The highest BCUT2D eigenvalue weighted by atomic mass is 35.5. The number of halogens is 2. The number of nitrogens with one attached hydrogen (secondary N) is 2. The monoisotopic (exact) mass is 405 g/mol. The largest absolute Gasteiger partial charge is 0.351 e. The molecule has 5 nitrogen and oxygen atoms in total. The maximum absolute atomic E-state index is 12.6. The van der Waals surface area contributed by atoms with Crippen molar-refractivity contribution in [2.24, 2.45) is 0 Å². The Hall–Kier alpha value is -2.08. The molecular formula is C20H21Cl2N3O2. The van der Waals surface area contributed by atoms with Gasteiger partial charge < -0.3 is 10.6 Å². The third-order valence-electron chi connectivity index (χ3n) is 4.53. The summed E-state index contributed by atoms with van der Waals surface area (Å²) >= 11 is 12.0. The molecule has 0 aromatic heterocycles. The number of amides is 2. The van der Waals surface area contributed by atoms with Crippen molar-refractivity contribution in [1.82, 2.24) is 10.2 Å². The van der Waals surface area contributed by atoms with Crippen LogP contribution in [0.15, 0.2) is 48.5 Å². The highest BCUT2D eigenvalue weighted by Gasteiger charge is 2.32. The molecule has 1 atom stereocenters. The molecule has 142 valence electrons. The predicted molar refractivity (Wildman–Crippen MR) is 108 cm³/mol. The Balaban J connectivity index is 1.54. The van der Waals surface area contributed by atoms with Gasteiger partial charge >= 0.3 is 0 Å². The first kappa shape index (κ1) is 19.7. The molecule has 2 aromatic carbocycles. The zero-order chi connectivity index (χ0) is 19.2. The van der Waals surface area contributed by atoms with Gasteiger partial charge in [-0.25, -0.2) is 0 Å². The molecule has 0 unspecified atom stereocenters. The maximum atomic E-state index is 12.6. The van der Waals surface area contributed by atoms with E-state index < -0.39 is 0 Å². The summed E-state index contributed by atoms with van der Waals surface area (Å²) in [4.78, 5) is 26.8. The lowest BCUT2D eigenvalue weighted by Crippen LogP contribution is -2.44. The Kier molecular flexibility index (Phi) is 6.72. The average Bonchev–Trinajstić information content (AvgIpc) is 3.11. The second kappa shape index (κ2) is 9.22. The van der Waals surface area contributed by atoms with Gasteiger partial charge in [0.1, 0.15) is 0 Å². The maximum Gasteiger partial charge on any atom is 0.241 e. The van der Waals surface area contributed by atoms with Crippen molar-refractivity contribution in [3.05, 3.63) is 64.1 Å². The first-order chi connectivity index (χ1) is 13.0. The van der Waals surface area contributed by atoms with Gasteiger partial charge in [0.25, 0.3) is 0 Å². The SMILES string of the molecule is O=C(CN1CCC[C@@H]1C(=O)Nc1ccc(Cl)cc1Cl)NCc1ccccc1. The fraction of sp³-hybridized carbons (Fsp3) is 0.300. The van der Waals surface area contributed by atoms with Crippen LogP contribution in [0.5, 0.6) is 0 Å². The first-order valence-electron chi connectivity index (χ1n) is 8.83. The first-order valence-corrected chi connectivity index (χ1v) is 9.59. The van der Waals surface area contributed by atoms with Crippen LogP contribution in [0.2, 0.25) is 10.0 Å². The van der Waals surface area contributed by atoms with Gasteiger partial charge in [0, 0.05) is 11.6 Å². The van der Waals surface area contributed by atoms with Crippen LogP contribution in [-0.4, -0.2) is 35.8 Å². The standard InChI is InChI=1S/C20H21Cl2N3O2/c21-15-8-9-17(16(22)11-15)24-20(27)18-7-4-10-25(18)13-19(26)23-12-14-5-2-1-3-6-14/h1-3,5-6,8-9,11,18H,4,7,10,12-13H2,(H,23,26)(H,24,27)/t18-/m1/s1. The summed E-state index contributed by atoms with van der Waals surface area (Å²) < 4.78 is 0. The summed E-state index contributed by atoms with van der Waals surface area (Å²) in [5, 5.41) is 6.64. The number of carbonyl (C=O) groups excluding carboxylic acids is 2. The highest BCUT2D eigenvalue weighted by molar-refractivity contribution is 6.36. The molecule has 0 aliphatic carbocycles. The Bertz CT molecular complexity index is 814. The summed E-state index contributed by atoms with van der Waals surface area (Å²) in [6, 6.07) is 14.3. The second-order valence-electron chi connectivity index (χ2n) is 6.50. The molecule has 7 heteroatoms. The minimum absolute atomic E-state index is 0.0944. The molecule has 0 bridgehead atoms. The van der Waals surface area contributed by atoms with Crippen LogP contribution in [-0.2, 0) is 16.1 Å². The van der Waals surface area contributed by atoms with Crippen molar-refractivity contribution in [3.63, 3.8) is 0 Å². The van der Waals surface area contributed by atoms with Crippen LogP contribution in [0.1, 0.15) is 18.4 Å². The van der Waals surface area contributed by atoms with Gasteiger partial charge in [-0.05, 0) is 43.1 Å². The Morgan fingerprint density at radius 3 is 2.63 bits per heavy atom. The molecule has 1 saturated heterocycles. The van der Waals surface area contributed by atoms with E-state index in [4.69, 9.17) is 23.2 Å². The molecule has 2 amide bonds. The van der Waals surface area contributed by atoms with Crippen LogP contribution < -0.4 is 10.6 Å². The number of benzene rings is 2. The smallest absolute Gasteiger partial charge is 0.241 e. The van der Waals surface area contributed by atoms with Crippen molar-refractivity contribution in [3.8, 4) is 0 Å². The van der Waals surface area contributed by atoms with Gasteiger partial charge in [-0.15, -0.1) is 0 Å². The molecule has 1 aliphatic rings. The van der Waals surface area contributed by atoms with Crippen LogP contribution in [0.3, 0.4) is 0 Å². The summed E-state index contributed by atoms with van der Waals surface area (Å²) in [6.45, 7) is 1.38. The summed E-state index contributed by atoms with van der Waals surface area (Å²) in [5.41, 5.74) is 1.56. The zero-order valence-corrected chi connectivity index (χ0v) is 16.3. The molecule has 3 rings (SSSR count). The van der Waals surface area contributed by atoms with Gasteiger partial charge in [-0.3, -0.25) is 14.5 Å². The molecule has 2 aromatic rings. The number of likely N-dealkylation sites (tertiary alicyclic amines) is 1. The van der Waals surface area contributed by atoms with Crippen LogP contribution in [0, 0.1) is 0 Å². The van der Waals surface area contributed by atoms with E-state index in [2.05, 4.69) is 10.6 Å². The molecule has 0 saturated carbocycles. The number of carbonyl (C=O) groups is 2. The minimum atomic E-state index is -0.348. The summed E-state index contributed by atoms with van der Waals surface area (Å²) in [6.07, 6.45) is 1.58. The molecule has 27 heavy (non-hydrogen) atoms. The van der Waals surface area contributed by atoms with Crippen LogP contribution in [0.25, 0.3) is 0 Å². The van der Waals surface area contributed by atoms with Crippen molar-refractivity contribution < 1.29 is 9.59 Å². The molecule has 0 radical (unpaired) electrons. The zero-order valence-electron chi connectivity index (χ0n) is 14.8. The van der Waals surface area contributed by atoms with Crippen molar-refractivity contribution >= 4 is 40.7 Å². The molecule has 0 spiro atoms. The molecule has 2 N–H and O–H groups in total. The third kappa shape index (κ3) is 5.45. The lowest BCUT2D eigenvalue weighted by atomic mass is 10.2. The average molecular weight is 406 g/mol. The predicted octanol–water partition coefficient (Wildman–Crippen LogP) is 3.71. The number of nitrogens with zero attached hydrogens (tertiary/aromatic N) is 1.